The summed E-state index contributed by atoms with van der Waals surface area (Å²) >= 11 is 0. The number of fused-ring (bicyclic) bond motifs is 1. The van der Waals surface area contributed by atoms with Crippen molar-refractivity contribution < 1.29 is 9.53 Å². The molecule has 0 bridgehead atoms. The summed E-state index contributed by atoms with van der Waals surface area (Å²) in [6, 6.07) is 18.6. The molecule has 0 saturated carbocycles. The second-order valence-electron chi connectivity index (χ2n) is 7.89. The van der Waals surface area contributed by atoms with Crippen molar-refractivity contribution in [3.63, 3.8) is 0 Å². The molecule has 1 atom stereocenters. The van der Waals surface area contributed by atoms with Gasteiger partial charge in [0.1, 0.15) is 5.75 Å². The lowest BCUT2D eigenvalue weighted by Crippen LogP contribution is -2.54. The molecule has 0 radical (unpaired) electrons. The number of piperazine rings is 1. The van der Waals surface area contributed by atoms with Gasteiger partial charge in [-0.1, -0.05) is 30.3 Å². The van der Waals surface area contributed by atoms with Crippen LogP contribution in [0.2, 0.25) is 0 Å². The number of hydrogen-bond donors (Lipinski definition) is 0. The zero-order valence-corrected chi connectivity index (χ0v) is 17.8. The second-order valence-corrected chi connectivity index (χ2v) is 7.89. The third kappa shape index (κ3) is 4.25. The number of aromatic nitrogens is 1. The standard InChI is InChI=1S/C25H29N3O2/c1-19-18-27(23-12-3-4-13-24(23)30-2)16-17-28(19)25(29)14-6-9-20-8-5-11-22-21(20)10-7-15-26-22/h3-5,7-8,10-13,15,19H,6,9,14,16-18H2,1-2H3/t19-/m0/s1. The summed E-state index contributed by atoms with van der Waals surface area (Å²) in [6.07, 6.45) is 4.15. The Bertz CT molecular complexity index is 1010. The van der Waals surface area contributed by atoms with E-state index in [0.717, 1.165) is 49.4 Å². The molecule has 3 aromatic rings. The molecule has 1 aliphatic rings. The van der Waals surface area contributed by atoms with E-state index in [2.05, 4.69) is 35.0 Å². The number of rotatable bonds is 6. The summed E-state index contributed by atoms with van der Waals surface area (Å²) in [5, 5.41) is 1.19. The van der Waals surface area contributed by atoms with Gasteiger partial charge in [0.2, 0.25) is 5.91 Å². The Morgan fingerprint density at radius 3 is 2.80 bits per heavy atom. The smallest absolute Gasteiger partial charge is 0.222 e. The highest BCUT2D eigenvalue weighted by molar-refractivity contribution is 5.82. The van der Waals surface area contributed by atoms with E-state index in [-0.39, 0.29) is 11.9 Å². The number of aryl methyl sites for hydroxylation is 1. The summed E-state index contributed by atoms with van der Waals surface area (Å²) in [7, 11) is 1.70. The molecule has 5 nitrogen and oxygen atoms in total. The highest BCUT2D eigenvalue weighted by Gasteiger charge is 2.28. The van der Waals surface area contributed by atoms with Gasteiger partial charge in [0.15, 0.2) is 0 Å². The molecule has 1 aromatic heterocycles. The largest absolute Gasteiger partial charge is 0.495 e. The van der Waals surface area contributed by atoms with Crippen LogP contribution in [0.25, 0.3) is 10.9 Å². The molecule has 0 spiro atoms. The summed E-state index contributed by atoms with van der Waals surface area (Å²) < 4.78 is 5.51. The summed E-state index contributed by atoms with van der Waals surface area (Å²) in [5.41, 5.74) is 3.38. The van der Waals surface area contributed by atoms with Crippen LogP contribution in [0, 0.1) is 0 Å². The Hall–Kier alpha value is -3.08. The monoisotopic (exact) mass is 403 g/mol. The lowest BCUT2D eigenvalue weighted by molar-refractivity contribution is -0.133. The second kappa shape index (κ2) is 9.16. The molecule has 1 aliphatic heterocycles. The molecule has 2 aromatic carbocycles. The third-order valence-corrected chi connectivity index (χ3v) is 5.95. The van der Waals surface area contributed by atoms with Crippen LogP contribution in [0.5, 0.6) is 5.75 Å². The van der Waals surface area contributed by atoms with Gasteiger partial charge in [-0.25, -0.2) is 0 Å². The molecule has 0 unspecified atom stereocenters. The highest BCUT2D eigenvalue weighted by atomic mass is 16.5. The lowest BCUT2D eigenvalue weighted by atomic mass is 10.0. The van der Waals surface area contributed by atoms with E-state index >= 15 is 0 Å². The predicted molar refractivity (Wildman–Crippen MR) is 121 cm³/mol. The van der Waals surface area contributed by atoms with Gasteiger partial charge < -0.3 is 14.5 Å². The number of para-hydroxylation sites is 2. The van der Waals surface area contributed by atoms with Crippen molar-refractivity contribution >= 4 is 22.5 Å². The Balaban J connectivity index is 1.33. The topological polar surface area (TPSA) is 45.7 Å². The zero-order chi connectivity index (χ0) is 20.9. The number of carbonyl (C=O) groups excluding carboxylic acids is 1. The minimum absolute atomic E-state index is 0.179. The Morgan fingerprint density at radius 2 is 1.97 bits per heavy atom. The molecule has 1 fully saturated rings. The van der Waals surface area contributed by atoms with Gasteiger partial charge in [0.05, 0.1) is 18.3 Å². The number of nitrogens with zero attached hydrogens (tertiary/aromatic N) is 3. The number of benzene rings is 2. The highest BCUT2D eigenvalue weighted by Crippen LogP contribution is 2.29. The molecule has 0 aliphatic carbocycles. The van der Waals surface area contributed by atoms with Crippen molar-refractivity contribution in [1.29, 1.82) is 0 Å². The van der Waals surface area contributed by atoms with Gasteiger partial charge in [0, 0.05) is 43.7 Å². The lowest BCUT2D eigenvalue weighted by Gasteiger charge is -2.41. The number of pyridine rings is 1. The first-order chi connectivity index (χ1) is 14.7. The molecule has 2 heterocycles. The number of methoxy groups -OCH3 is 1. The van der Waals surface area contributed by atoms with Crippen molar-refractivity contribution in [3.05, 3.63) is 66.4 Å². The van der Waals surface area contributed by atoms with Crippen LogP contribution in [-0.4, -0.2) is 48.6 Å². The van der Waals surface area contributed by atoms with Crippen LogP contribution in [0.15, 0.2) is 60.8 Å². The molecule has 1 amide bonds. The van der Waals surface area contributed by atoms with Gasteiger partial charge >= 0.3 is 0 Å². The fourth-order valence-electron chi connectivity index (χ4n) is 4.40. The molecule has 5 heteroatoms. The normalized spacial score (nSPS) is 16.7. The molecule has 0 N–H and O–H groups in total. The Labute approximate surface area is 178 Å². The maximum atomic E-state index is 12.9. The fourth-order valence-corrected chi connectivity index (χ4v) is 4.40. The third-order valence-electron chi connectivity index (χ3n) is 5.95. The van der Waals surface area contributed by atoms with E-state index in [0.29, 0.717) is 6.42 Å². The zero-order valence-electron chi connectivity index (χ0n) is 17.8. The molecule has 156 valence electrons. The van der Waals surface area contributed by atoms with Gasteiger partial charge in [-0.2, -0.15) is 0 Å². The first kappa shape index (κ1) is 20.2. The quantitative estimate of drug-likeness (QED) is 0.616. The van der Waals surface area contributed by atoms with E-state index in [1.807, 2.05) is 47.5 Å². The van der Waals surface area contributed by atoms with Crippen LogP contribution in [-0.2, 0) is 11.2 Å². The van der Waals surface area contributed by atoms with Gasteiger partial charge in [-0.05, 0) is 49.6 Å². The van der Waals surface area contributed by atoms with Gasteiger partial charge in [0.25, 0.3) is 0 Å². The van der Waals surface area contributed by atoms with Crippen molar-refractivity contribution in [2.45, 2.75) is 32.2 Å². The molecular formula is C25H29N3O2. The molecule has 4 rings (SSSR count). The Kier molecular flexibility index (Phi) is 6.17. The maximum Gasteiger partial charge on any atom is 0.222 e. The number of amides is 1. The maximum absolute atomic E-state index is 12.9. The number of ether oxygens (including phenoxy) is 1. The van der Waals surface area contributed by atoms with Crippen molar-refractivity contribution in [2.75, 3.05) is 31.6 Å². The van der Waals surface area contributed by atoms with Crippen molar-refractivity contribution in [1.82, 2.24) is 9.88 Å². The number of hydrogen-bond acceptors (Lipinski definition) is 4. The van der Waals surface area contributed by atoms with Crippen LogP contribution in [0.3, 0.4) is 0 Å². The van der Waals surface area contributed by atoms with E-state index in [4.69, 9.17) is 4.74 Å². The Morgan fingerprint density at radius 1 is 1.10 bits per heavy atom. The van der Waals surface area contributed by atoms with Crippen molar-refractivity contribution in [2.24, 2.45) is 0 Å². The van der Waals surface area contributed by atoms with Crippen LogP contribution in [0.1, 0.15) is 25.3 Å². The van der Waals surface area contributed by atoms with E-state index < -0.39 is 0 Å². The average Bonchev–Trinajstić information content (AvgIpc) is 2.79. The summed E-state index contributed by atoms with van der Waals surface area (Å²) in [5.74, 6) is 1.13. The minimum Gasteiger partial charge on any atom is -0.495 e. The first-order valence-corrected chi connectivity index (χ1v) is 10.7. The summed E-state index contributed by atoms with van der Waals surface area (Å²) in [4.78, 5) is 21.7. The van der Waals surface area contributed by atoms with E-state index in [9.17, 15) is 4.79 Å². The van der Waals surface area contributed by atoms with Gasteiger partial charge in [-0.15, -0.1) is 0 Å². The molecule has 30 heavy (non-hydrogen) atoms. The number of anilines is 1. The van der Waals surface area contributed by atoms with E-state index in [1.165, 1.54) is 10.9 Å². The van der Waals surface area contributed by atoms with E-state index in [1.54, 1.807) is 7.11 Å². The van der Waals surface area contributed by atoms with Crippen molar-refractivity contribution in [3.8, 4) is 5.75 Å². The first-order valence-electron chi connectivity index (χ1n) is 10.7. The van der Waals surface area contributed by atoms with Crippen LogP contribution >= 0.6 is 0 Å². The number of carbonyl (C=O) groups is 1. The van der Waals surface area contributed by atoms with Crippen LogP contribution < -0.4 is 9.64 Å². The predicted octanol–water partition coefficient (Wildman–Crippen LogP) is 4.30. The fraction of sp³-hybridized carbons (Fsp3) is 0.360. The van der Waals surface area contributed by atoms with Gasteiger partial charge in [-0.3, -0.25) is 9.78 Å². The minimum atomic E-state index is 0.179. The average molecular weight is 404 g/mol. The molecular weight excluding hydrogens is 374 g/mol. The summed E-state index contributed by atoms with van der Waals surface area (Å²) in [6.45, 7) is 4.53. The molecule has 1 saturated heterocycles. The SMILES string of the molecule is COc1ccccc1N1CCN(C(=O)CCCc2cccc3ncccc23)[C@@H](C)C1. The van der Waals surface area contributed by atoms with Crippen LogP contribution in [0.4, 0.5) is 5.69 Å².